The number of nitrogens with one attached hydrogen (secondary N) is 2. The van der Waals surface area contributed by atoms with Crippen LogP contribution in [-0.2, 0) is 13.1 Å². The van der Waals surface area contributed by atoms with E-state index in [4.69, 9.17) is 4.74 Å². The Bertz CT molecular complexity index is 694. The fourth-order valence-electron chi connectivity index (χ4n) is 2.23. The van der Waals surface area contributed by atoms with E-state index in [0.29, 0.717) is 19.0 Å². The van der Waals surface area contributed by atoms with Gasteiger partial charge in [0.2, 0.25) is 5.88 Å². The van der Waals surface area contributed by atoms with Crippen molar-refractivity contribution >= 4 is 17.3 Å². The minimum Gasteiger partial charge on any atom is -0.477 e. The molecule has 1 aliphatic carbocycles. The number of ether oxygens (including phenoxy) is 1. The third-order valence-corrected chi connectivity index (χ3v) is 4.71. The van der Waals surface area contributed by atoms with Crippen LogP contribution in [0.15, 0.2) is 29.5 Å². The highest BCUT2D eigenvalue weighted by Crippen LogP contribution is 2.29. The zero-order valence-electron chi connectivity index (χ0n) is 14.8. The molecule has 3 rings (SSSR count). The van der Waals surface area contributed by atoms with Crippen LogP contribution >= 0.6 is 11.3 Å². The Hall–Kier alpha value is -2.15. The van der Waals surface area contributed by atoms with Crippen LogP contribution in [0.3, 0.4) is 0 Å². The van der Waals surface area contributed by atoms with Crippen molar-refractivity contribution in [2.75, 3.05) is 13.2 Å². The van der Waals surface area contributed by atoms with Gasteiger partial charge in [-0.2, -0.15) is 0 Å². The first kappa shape index (κ1) is 17.7. The number of thiazole rings is 1. The van der Waals surface area contributed by atoms with Gasteiger partial charge in [0.05, 0.1) is 19.7 Å². The third-order valence-electron chi connectivity index (χ3n) is 3.80. The number of pyridine rings is 1. The van der Waals surface area contributed by atoms with Gasteiger partial charge in [0.1, 0.15) is 5.01 Å². The van der Waals surface area contributed by atoms with Gasteiger partial charge in [-0.1, -0.05) is 6.07 Å². The Balaban J connectivity index is 1.50. The van der Waals surface area contributed by atoms with Crippen molar-refractivity contribution in [2.45, 2.75) is 39.8 Å². The lowest BCUT2D eigenvalue weighted by atomic mass is 10.3. The molecule has 25 heavy (non-hydrogen) atoms. The van der Waals surface area contributed by atoms with Crippen molar-refractivity contribution in [3.05, 3.63) is 40.0 Å². The first-order valence-corrected chi connectivity index (χ1v) is 9.56. The quantitative estimate of drug-likeness (QED) is 0.560. The SMILES string of the molecule is CCNC(=NCc1ccc(OCC2CC2)nc1)NCc1ncc(C)s1. The summed E-state index contributed by atoms with van der Waals surface area (Å²) in [4.78, 5) is 14.5. The van der Waals surface area contributed by atoms with Gasteiger partial charge in [-0.3, -0.25) is 0 Å². The number of aromatic nitrogens is 2. The number of guanidine groups is 1. The van der Waals surface area contributed by atoms with Gasteiger partial charge >= 0.3 is 0 Å². The lowest BCUT2D eigenvalue weighted by molar-refractivity contribution is 0.288. The molecule has 1 aliphatic rings. The Labute approximate surface area is 152 Å². The standard InChI is InChI=1S/C18H25N5OS/c1-3-19-18(23-11-17-21-8-13(2)25-17)22-10-15-6-7-16(20-9-15)24-12-14-4-5-14/h6-9,14H,3-5,10-12H2,1-2H3,(H2,19,22,23). The maximum atomic E-state index is 5.66. The van der Waals surface area contributed by atoms with E-state index in [0.717, 1.165) is 35.6 Å². The second-order valence-electron chi connectivity index (χ2n) is 6.17. The van der Waals surface area contributed by atoms with Gasteiger partial charge < -0.3 is 15.4 Å². The number of nitrogens with zero attached hydrogens (tertiary/aromatic N) is 3. The topological polar surface area (TPSA) is 71.4 Å². The monoisotopic (exact) mass is 359 g/mol. The zero-order valence-corrected chi connectivity index (χ0v) is 15.6. The van der Waals surface area contributed by atoms with Gasteiger partial charge in [-0.05, 0) is 38.2 Å². The fourth-order valence-corrected chi connectivity index (χ4v) is 2.96. The van der Waals surface area contributed by atoms with Crippen molar-refractivity contribution in [3.63, 3.8) is 0 Å². The molecule has 0 atom stereocenters. The minimum absolute atomic E-state index is 0.572. The summed E-state index contributed by atoms with van der Waals surface area (Å²) in [6, 6.07) is 3.94. The van der Waals surface area contributed by atoms with Crippen molar-refractivity contribution in [1.29, 1.82) is 0 Å². The summed E-state index contributed by atoms with van der Waals surface area (Å²) in [6.45, 7) is 6.96. The third kappa shape index (κ3) is 6.01. The fraction of sp³-hybridized carbons (Fsp3) is 0.500. The predicted molar refractivity (Wildman–Crippen MR) is 101 cm³/mol. The van der Waals surface area contributed by atoms with Crippen molar-refractivity contribution < 1.29 is 4.74 Å². The molecule has 2 N–H and O–H groups in total. The molecule has 7 heteroatoms. The Kier molecular flexibility index (Phi) is 6.22. The summed E-state index contributed by atoms with van der Waals surface area (Å²) in [5.41, 5.74) is 1.06. The van der Waals surface area contributed by atoms with E-state index in [9.17, 15) is 0 Å². The van der Waals surface area contributed by atoms with Gasteiger partial charge in [0.25, 0.3) is 0 Å². The van der Waals surface area contributed by atoms with Crippen LogP contribution in [0.2, 0.25) is 0 Å². The van der Waals surface area contributed by atoms with Crippen LogP contribution < -0.4 is 15.4 Å². The Morgan fingerprint density at radius 1 is 1.28 bits per heavy atom. The Morgan fingerprint density at radius 2 is 2.16 bits per heavy atom. The molecule has 0 amide bonds. The second-order valence-corrected chi connectivity index (χ2v) is 7.49. The van der Waals surface area contributed by atoms with Crippen LogP contribution in [0.25, 0.3) is 0 Å². The molecular weight excluding hydrogens is 334 g/mol. The van der Waals surface area contributed by atoms with Crippen LogP contribution in [-0.4, -0.2) is 29.1 Å². The highest BCUT2D eigenvalue weighted by atomic mass is 32.1. The average molecular weight is 359 g/mol. The van der Waals surface area contributed by atoms with Crippen LogP contribution in [0, 0.1) is 12.8 Å². The largest absolute Gasteiger partial charge is 0.477 e. The molecule has 0 spiro atoms. The maximum absolute atomic E-state index is 5.66. The first-order chi connectivity index (χ1) is 12.2. The van der Waals surface area contributed by atoms with Gasteiger partial charge in [0, 0.05) is 29.9 Å². The molecule has 0 saturated heterocycles. The molecule has 0 bridgehead atoms. The summed E-state index contributed by atoms with van der Waals surface area (Å²) < 4.78 is 5.66. The maximum Gasteiger partial charge on any atom is 0.213 e. The molecule has 2 aromatic rings. The molecule has 6 nitrogen and oxygen atoms in total. The smallest absolute Gasteiger partial charge is 0.213 e. The van der Waals surface area contributed by atoms with E-state index < -0.39 is 0 Å². The summed E-state index contributed by atoms with van der Waals surface area (Å²) in [5.74, 6) is 2.22. The van der Waals surface area contributed by atoms with E-state index >= 15 is 0 Å². The molecule has 2 aromatic heterocycles. The number of hydrogen-bond donors (Lipinski definition) is 2. The second kappa shape index (κ2) is 8.80. The number of hydrogen-bond acceptors (Lipinski definition) is 5. The summed E-state index contributed by atoms with van der Waals surface area (Å²) >= 11 is 1.69. The van der Waals surface area contributed by atoms with E-state index in [-0.39, 0.29) is 0 Å². The van der Waals surface area contributed by atoms with E-state index in [1.54, 1.807) is 11.3 Å². The normalized spacial score (nSPS) is 14.4. The molecule has 0 radical (unpaired) electrons. The number of aliphatic imine (C=N–C) groups is 1. The lowest BCUT2D eigenvalue weighted by Crippen LogP contribution is -2.36. The van der Waals surface area contributed by atoms with Gasteiger partial charge in [-0.15, -0.1) is 11.3 Å². The van der Waals surface area contributed by atoms with Crippen molar-refractivity contribution in [1.82, 2.24) is 20.6 Å². The summed E-state index contributed by atoms with van der Waals surface area (Å²) in [5, 5.41) is 7.62. The first-order valence-electron chi connectivity index (χ1n) is 8.74. The Morgan fingerprint density at radius 3 is 2.80 bits per heavy atom. The highest BCUT2D eigenvalue weighted by Gasteiger charge is 2.21. The predicted octanol–water partition coefficient (Wildman–Crippen LogP) is 2.89. The van der Waals surface area contributed by atoms with Gasteiger partial charge in [0.15, 0.2) is 5.96 Å². The molecule has 134 valence electrons. The number of rotatable bonds is 8. The van der Waals surface area contributed by atoms with Crippen molar-refractivity contribution in [3.8, 4) is 5.88 Å². The highest BCUT2D eigenvalue weighted by molar-refractivity contribution is 7.11. The zero-order chi connectivity index (χ0) is 17.5. The van der Waals surface area contributed by atoms with Crippen LogP contribution in [0.5, 0.6) is 5.88 Å². The molecule has 0 unspecified atom stereocenters. The van der Waals surface area contributed by atoms with Crippen LogP contribution in [0.4, 0.5) is 0 Å². The number of aryl methyl sites for hydroxylation is 1. The van der Waals surface area contributed by atoms with Gasteiger partial charge in [-0.25, -0.2) is 15.0 Å². The van der Waals surface area contributed by atoms with E-state index in [1.165, 1.54) is 17.7 Å². The summed E-state index contributed by atoms with van der Waals surface area (Å²) in [6.07, 6.45) is 6.30. The molecular formula is C18H25N5OS. The van der Waals surface area contributed by atoms with E-state index in [2.05, 4.69) is 39.4 Å². The lowest BCUT2D eigenvalue weighted by Gasteiger charge is -2.10. The molecule has 2 heterocycles. The van der Waals surface area contributed by atoms with Crippen molar-refractivity contribution in [2.24, 2.45) is 10.9 Å². The summed E-state index contributed by atoms with van der Waals surface area (Å²) in [7, 11) is 0. The molecule has 0 aromatic carbocycles. The minimum atomic E-state index is 0.572. The van der Waals surface area contributed by atoms with Crippen LogP contribution in [0.1, 0.15) is 35.2 Å². The average Bonchev–Trinajstić information content (AvgIpc) is 3.37. The molecule has 1 saturated carbocycles. The molecule has 1 fully saturated rings. The van der Waals surface area contributed by atoms with E-state index in [1.807, 2.05) is 24.5 Å². The molecule has 0 aliphatic heterocycles.